The van der Waals surface area contributed by atoms with Gasteiger partial charge in [-0.25, -0.2) is 0 Å². The van der Waals surface area contributed by atoms with Crippen LogP contribution in [0.1, 0.15) is 23.6 Å². The number of carbonyl (C=O) groups is 1. The molecule has 5 nitrogen and oxygen atoms in total. The van der Waals surface area contributed by atoms with Gasteiger partial charge >= 0.3 is 0 Å². The van der Waals surface area contributed by atoms with Crippen molar-refractivity contribution in [3.05, 3.63) is 91.0 Å². The molecule has 0 saturated carbocycles. The Labute approximate surface area is 215 Å². The van der Waals surface area contributed by atoms with Gasteiger partial charge in [0.2, 0.25) is 0 Å². The van der Waals surface area contributed by atoms with Crippen molar-refractivity contribution in [1.82, 2.24) is 0 Å². The Morgan fingerprint density at radius 3 is 2.64 bits per heavy atom. The first-order valence-corrected chi connectivity index (χ1v) is 12.1. The summed E-state index contributed by atoms with van der Waals surface area (Å²) in [4.78, 5) is 12.6. The molecule has 0 radical (unpaired) electrons. The number of nitrogens with zero attached hydrogens (tertiary/aromatic N) is 1. The van der Waals surface area contributed by atoms with Crippen LogP contribution in [-0.2, 0) is 11.4 Å². The van der Waals surface area contributed by atoms with Crippen molar-refractivity contribution in [2.75, 3.05) is 11.9 Å². The highest BCUT2D eigenvalue weighted by atomic mass is 127. The number of rotatable bonds is 8. The number of hydrogen-bond acceptors (Lipinski definition) is 4. The lowest BCUT2D eigenvalue weighted by Gasteiger charge is -2.15. The van der Waals surface area contributed by atoms with Crippen molar-refractivity contribution < 1.29 is 14.3 Å². The molecule has 0 saturated heterocycles. The fourth-order valence-corrected chi connectivity index (χ4v) is 4.23. The molecule has 0 aliphatic heterocycles. The maximum absolute atomic E-state index is 12.6. The van der Waals surface area contributed by atoms with E-state index >= 15 is 0 Å². The first kappa shape index (κ1) is 24.8. The molecule has 3 rings (SSSR count). The van der Waals surface area contributed by atoms with Gasteiger partial charge in [-0.3, -0.25) is 4.79 Å². The minimum atomic E-state index is -0.478. The van der Waals surface area contributed by atoms with Crippen LogP contribution in [0.5, 0.6) is 11.5 Å². The summed E-state index contributed by atoms with van der Waals surface area (Å²) in [6, 6.07) is 21.0. The molecule has 0 heterocycles. The molecule has 0 bridgehead atoms. The Balaban J connectivity index is 1.85. The lowest BCUT2D eigenvalue weighted by atomic mass is 10.1. The zero-order chi connectivity index (χ0) is 23.8. The highest BCUT2D eigenvalue weighted by Gasteiger charge is 2.15. The van der Waals surface area contributed by atoms with Crippen LogP contribution in [0, 0.1) is 21.8 Å². The van der Waals surface area contributed by atoms with E-state index in [4.69, 9.17) is 9.47 Å². The monoisotopic (exact) mass is 616 g/mol. The number of aryl methyl sites for hydroxylation is 1. The quantitative estimate of drug-likeness (QED) is 0.170. The van der Waals surface area contributed by atoms with Crippen LogP contribution >= 0.6 is 38.5 Å². The molecule has 168 valence electrons. The number of benzene rings is 3. The van der Waals surface area contributed by atoms with Gasteiger partial charge in [0.1, 0.15) is 18.2 Å². The number of carbonyl (C=O) groups excluding carboxylic acids is 1. The molecule has 0 fully saturated rings. The summed E-state index contributed by atoms with van der Waals surface area (Å²) in [6.07, 6.45) is 1.53. The summed E-state index contributed by atoms with van der Waals surface area (Å²) in [5.41, 5.74) is 3.46. The normalized spacial score (nSPS) is 10.9. The van der Waals surface area contributed by atoms with Crippen LogP contribution in [0.4, 0.5) is 5.69 Å². The highest BCUT2D eigenvalue weighted by molar-refractivity contribution is 14.1. The lowest BCUT2D eigenvalue weighted by molar-refractivity contribution is -0.112. The minimum Gasteiger partial charge on any atom is -0.490 e. The van der Waals surface area contributed by atoms with Crippen molar-refractivity contribution in [2.24, 2.45) is 0 Å². The Hall–Kier alpha value is -2.83. The number of ether oxygens (including phenoxy) is 2. The second-order valence-electron chi connectivity index (χ2n) is 7.18. The van der Waals surface area contributed by atoms with Crippen molar-refractivity contribution in [1.29, 1.82) is 5.26 Å². The summed E-state index contributed by atoms with van der Waals surface area (Å²) >= 11 is 5.71. The van der Waals surface area contributed by atoms with Gasteiger partial charge in [-0.1, -0.05) is 35.9 Å². The fraction of sp³-hybridized carbons (Fsp3) is 0.154. The van der Waals surface area contributed by atoms with E-state index in [1.807, 2.05) is 56.3 Å². The Morgan fingerprint density at radius 1 is 1.15 bits per heavy atom. The Morgan fingerprint density at radius 2 is 1.94 bits per heavy atom. The molecular formula is C26H22BrIN2O3. The van der Waals surface area contributed by atoms with E-state index in [-0.39, 0.29) is 5.57 Å². The molecule has 3 aromatic carbocycles. The standard InChI is InChI=1S/C26H22BrIN2O3/c1-3-32-24-13-19(11-20(15-29)26(31)30-22-9-5-8-21(28)14-22)12-23(27)25(24)33-16-18-7-4-6-17(2)10-18/h4-14H,3,16H2,1-2H3,(H,30,31)/b20-11+. The van der Waals surface area contributed by atoms with Crippen LogP contribution in [0.25, 0.3) is 6.08 Å². The minimum absolute atomic E-state index is 0.0170. The molecular weight excluding hydrogens is 595 g/mol. The number of amides is 1. The molecule has 0 aromatic heterocycles. The lowest BCUT2D eigenvalue weighted by Crippen LogP contribution is -2.13. The first-order chi connectivity index (χ1) is 15.9. The molecule has 0 spiro atoms. The molecule has 1 N–H and O–H groups in total. The second kappa shape index (κ2) is 11.9. The predicted octanol–water partition coefficient (Wildman–Crippen LogP) is 6.89. The molecule has 7 heteroatoms. The van der Waals surface area contributed by atoms with Crippen LogP contribution in [-0.4, -0.2) is 12.5 Å². The summed E-state index contributed by atoms with van der Waals surface area (Å²) < 4.78 is 13.5. The molecule has 3 aromatic rings. The zero-order valence-electron chi connectivity index (χ0n) is 18.2. The van der Waals surface area contributed by atoms with E-state index < -0.39 is 5.91 Å². The fourth-order valence-electron chi connectivity index (χ4n) is 3.11. The number of nitrogens with one attached hydrogen (secondary N) is 1. The number of hydrogen-bond donors (Lipinski definition) is 1. The van der Waals surface area contributed by atoms with E-state index in [1.54, 1.807) is 18.2 Å². The van der Waals surface area contributed by atoms with Crippen molar-refractivity contribution in [2.45, 2.75) is 20.5 Å². The third-order valence-corrected chi connectivity index (χ3v) is 5.82. The highest BCUT2D eigenvalue weighted by Crippen LogP contribution is 2.38. The van der Waals surface area contributed by atoms with Gasteiger partial charge in [-0.2, -0.15) is 5.26 Å². The zero-order valence-corrected chi connectivity index (χ0v) is 21.9. The molecule has 0 atom stereocenters. The number of halogens is 2. The van der Waals surface area contributed by atoms with Gasteiger partial charge in [0, 0.05) is 9.26 Å². The smallest absolute Gasteiger partial charge is 0.266 e. The third-order valence-electron chi connectivity index (χ3n) is 4.56. The Kier molecular flexibility index (Phi) is 8.92. The third kappa shape index (κ3) is 7.07. The van der Waals surface area contributed by atoms with E-state index in [2.05, 4.69) is 49.9 Å². The van der Waals surface area contributed by atoms with Crippen molar-refractivity contribution in [3.8, 4) is 17.6 Å². The van der Waals surface area contributed by atoms with Gasteiger partial charge in [0.05, 0.1) is 11.1 Å². The SMILES string of the molecule is CCOc1cc(/C=C(\C#N)C(=O)Nc2cccc(I)c2)cc(Br)c1OCc1cccc(C)c1. The van der Waals surface area contributed by atoms with Gasteiger partial charge in [0.25, 0.3) is 5.91 Å². The van der Waals surface area contributed by atoms with Crippen LogP contribution in [0.15, 0.2) is 70.7 Å². The van der Waals surface area contributed by atoms with Crippen molar-refractivity contribution in [3.63, 3.8) is 0 Å². The summed E-state index contributed by atoms with van der Waals surface area (Å²) in [6.45, 7) is 4.75. The second-order valence-corrected chi connectivity index (χ2v) is 9.27. The average molecular weight is 617 g/mol. The summed E-state index contributed by atoms with van der Waals surface area (Å²) in [5, 5.41) is 12.3. The molecule has 1 amide bonds. The maximum Gasteiger partial charge on any atom is 0.266 e. The largest absolute Gasteiger partial charge is 0.490 e. The van der Waals surface area contributed by atoms with Gasteiger partial charge in [-0.15, -0.1) is 0 Å². The van der Waals surface area contributed by atoms with Gasteiger partial charge in [-0.05, 0) is 99.9 Å². The van der Waals surface area contributed by atoms with E-state index in [9.17, 15) is 10.1 Å². The van der Waals surface area contributed by atoms with Crippen molar-refractivity contribution >= 4 is 56.2 Å². The van der Waals surface area contributed by atoms with Crippen LogP contribution < -0.4 is 14.8 Å². The maximum atomic E-state index is 12.6. The summed E-state index contributed by atoms with van der Waals surface area (Å²) in [5.74, 6) is 0.617. The predicted molar refractivity (Wildman–Crippen MR) is 142 cm³/mol. The van der Waals surface area contributed by atoms with Crippen LogP contribution in [0.2, 0.25) is 0 Å². The molecule has 33 heavy (non-hydrogen) atoms. The molecule has 0 unspecified atom stereocenters. The van der Waals surface area contributed by atoms with Gasteiger partial charge in [0.15, 0.2) is 11.5 Å². The van der Waals surface area contributed by atoms with E-state index in [1.165, 1.54) is 6.08 Å². The number of anilines is 1. The topological polar surface area (TPSA) is 71.3 Å². The van der Waals surface area contributed by atoms with Crippen LogP contribution in [0.3, 0.4) is 0 Å². The summed E-state index contributed by atoms with van der Waals surface area (Å²) in [7, 11) is 0. The molecule has 0 aliphatic rings. The first-order valence-electron chi connectivity index (χ1n) is 10.2. The average Bonchev–Trinajstić information content (AvgIpc) is 2.77. The van der Waals surface area contributed by atoms with E-state index in [0.29, 0.717) is 40.4 Å². The molecule has 0 aliphatic carbocycles. The van der Waals surface area contributed by atoms with Gasteiger partial charge < -0.3 is 14.8 Å². The Bertz CT molecular complexity index is 1230. The number of nitriles is 1. The van der Waals surface area contributed by atoms with E-state index in [0.717, 1.165) is 14.7 Å².